The second-order valence-corrected chi connectivity index (χ2v) is 10.0. The van der Waals surface area contributed by atoms with Crippen LogP contribution in [0.4, 0.5) is 4.79 Å². The number of carbonyl (C=O) groups is 3. The number of likely N-dealkylation sites (N-methyl/N-ethyl adjacent to an activating group) is 1. The van der Waals surface area contributed by atoms with Gasteiger partial charge < -0.3 is 25.2 Å². The number of rotatable bonds is 7. The average molecular weight is 531 g/mol. The van der Waals surface area contributed by atoms with E-state index in [0.717, 1.165) is 43.9 Å². The number of imide groups is 1. The first kappa shape index (κ1) is 26.7. The van der Waals surface area contributed by atoms with Crippen molar-refractivity contribution < 1.29 is 19.1 Å². The van der Waals surface area contributed by atoms with Gasteiger partial charge in [-0.15, -0.1) is 0 Å². The normalized spacial score (nSPS) is 22.1. The molecular formula is C29H34N6O4. The first-order valence-electron chi connectivity index (χ1n) is 13.2. The highest BCUT2D eigenvalue weighted by Gasteiger charge is 2.48. The van der Waals surface area contributed by atoms with Crippen molar-refractivity contribution in [2.45, 2.75) is 25.2 Å². The maximum atomic E-state index is 13.1. The van der Waals surface area contributed by atoms with Crippen LogP contribution in [0.1, 0.15) is 40.1 Å². The van der Waals surface area contributed by atoms with Crippen LogP contribution in [0.25, 0.3) is 0 Å². The minimum absolute atomic E-state index is 0.0724. The van der Waals surface area contributed by atoms with Gasteiger partial charge >= 0.3 is 6.03 Å². The van der Waals surface area contributed by atoms with E-state index in [2.05, 4.69) is 44.5 Å². The summed E-state index contributed by atoms with van der Waals surface area (Å²) in [5.41, 5.74) is 1.64. The molecule has 0 aliphatic carbocycles. The Hall–Kier alpha value is -3.91. The minimum Gasteiger partial charge on any atom is -0.497 e. The smallest absolute Gasteiger partial charge is 0.323 e. The SMILES string of the molecule is CCN1CCN(C(NC)c2ccc(C#CC3(CN4Cc5ccc(OC)cc5C4=O)NC(=O)NC3=O)cc2)CC1. The Kier molecular flexibility index (Phi) is 7.57. The summed E-state index contributed by atoms with van der Waals surface area (Å²) in [6.45, 7) is 7.58. The van der Waals surface area contributed by atoms with Gasteiger partial charge in [-0.1, -0.05) is 37.0 Å². The Bertz CT molecular complexity index is 1330. The molecule has 0 saturated carbocycles. The molecule has 0 aromatic heterocycles. The van der Waals surface area contributed by atoms with Crippen molar-refractivity contribution in [3.63, 3.8) is 0 Å². The van der Waals surface area contributed by atoms with Crippen LogP contribution < -0.4 is 20.7 Å². The van der Waals surface area contributed by atoms with Gasteiger partial charge in [-0.2, -0.15) is 0 Å². The monoisotopic (exact) mass is 530 g/mol. The zero-order valence-electron chi connectivity index (χ0n) is 22.5. The Morgan fingerprint density at radius 1 is 1.08 bits per heavy atom. The van der Waals surface area contributed by atoms with Crippen molar-refractivity contribution in [3.8, 4) is 17.6 Å². The number of benzene rings is 2. The molecule has 204 valence electrons. The van der Waals surface area contributed by atoms with Crippen molar-refractivity contribution >= 4 is 17.8 Å². The maximum absolute atomic E-state index is 13.1. The average Bonchev–Trinajstić information content (AvgIpc) is 3.42. The van der Waals surface area contributed by atoms with E-state index in [-0.39, 0.29) is 18.6 Å². The van der Waals surface area contributed by atoms with Gasteiger partial charge in [0, 0.05) is 43.9 Å². The lowest BCUT2D eigenvalue weighted by Crippen LogP contribution is -2.54. The number of fused-ring (bicyclic) bond motifs is 1. The molecule has 5 rings (SSSR count). The topological polar surface area (TPSA) is 106 Å². The number of amides is 4. The Balaban J connectivity index is 1.33. The quantitative estimate of drug-likeness (QED) is 0.364. The van der Waals surface area contributed by atoms with Crippen LogP contribution in [0, 0.1) is 11.8 Å². The minimum atomic E-state index is -1.55. The molecule has 3 aliphatic heterocycles. The summed E-state index contributed by atoms with van der Waals surface area (Å²) in [6.07, 6.45) is 0.0960. The molecule has 0 bridgehead atoms. The highest BCUT2D eigenvalue weighted by Crippen LogP contribution is 2.28. The van der Waals surface area contributed by atoms with Gasteiger partial charge in [0.1, 0.15) is 5.75 Å². The van der Waals surface area contributed by atoms with Crippen molar-refractivity contribution in [1.82, 2.24) is 30.7 Å². The lowest BCUT2D eigenvalue weighted by molar-refractivity contribution is -0.122. The van der Waals surface area contributed by atoms with Crippen LogP contribution in [-0.2, 0) is 11.3 Å². The van der Waals surface area contributed by atoms with E-state index in [4.69, 9.17) is 4.74 Å². The number of urea groups is 1. The predicted octanol–water partition coefficient (Wildman–Crippen LogP) is 1.14. The van der Waals surface area contributed by atoms with Crippen LogP contribution in [0.5, 0.6) is 5.75 Å². The van der Waals surface area contributed by atoms with Crippen molar-refractivity contribution in [2.75, 3.05) is 53.4 Å². The number of hydrogen-bond donors (Lipinski definition) is 3. The standard InChI is InChI=1S/C29H34N6O4/c1-4-33-13-15-34(16-14-33)25(30-2)21-7-5-20(6-8-21)11-12-29(27(37)31-28(38)32-29)19-35-18-22-9-10-23(39-3)17-24(22)26(35)36/h5-10,17,25,30H,4,13-16,18-19H2,1-3H3,(H2,31,32,37,38). The third-order valence-corrected chi connectivity index (χ3v) is 7.70. The second kappa shape index (κ2) is 11.1. The van der Waals surface area contributed by atoms with Gasteiger partial charge in [0.2, 0.25) is 5.54 Å². The van der Waals surface area contributed by atoms with E-state index in [1.54, 1.807) is 19.2 Å². The van der Waals surface area contributed by atoms with Gasteiger partial charge in [-0.25, -0.2) is 4.79 Å². The molecule has 4 amide bonds. The first-order valence-corrected chi connectivity index (χ1v) is 13.2. The van der Waals surface area contributed by atoms with E-state index < -0.39 is 17.5 Å². The number of ether oxygens (including phenoxy) is 1. The number of carbonyl (C=O) groups excluding carboxylic acids is 3. The fraction of sp³-hybridized carbons (Fsp3) is 0.414. The zero-order valence-corrected chi connectivity index (χ0v) is 22.5. The molecule has 3 N–H and O–H groups in total. The summed E-state index contributed by atoms with van der Waals surface area (Å²) in [5, 5.41) is 8.36. The number of piperazine rings is 1. The van der Waals surface area contributed by atoms with Crippen molar-refractivity contribution in [2.24, 2.45) is 0 Å². The summed E-state index contributed by atoms with van der Waals surface area (Å²) in [7, 11) is 3.50. The second-order valence-electron chi connectivity index (χ2n) is 10.0. The summed E-state index contributed by atoms with van der Waals surface area (Å²) in [4.78, 5) is 44.6. The van der Waals surface area contributed by atoms with E-state index in [9.17, 15) is 14.4 Å². The largest absolute Gasteiger partial charge is 0.497 e. The Morgan fingerprint density at radius 2 is 1.82 bits per heavy atom. The molecule has 10 nitrogen and oxygen atoms in total. The molecule has 2 saturated heterocycles. The summed E-state index contributed by atoms with van der Waals surface area (Å²) in [6, 6.07) is 12.6. The number of nitrogens with one attached hydrogen (secondary N) is 3. The summed E-state index contributed by atoms with van der Waals surface area (Å²) >= 11 is 0. The molecule has 2 aromatic carbocycles. The summed E-state index contributed by atoms with van der Waals surface area (Å²) < 4.78 is 5.25. The Labute approximate surface area is 228 Å². The molecule has 39 heavy (non-hydrogen) atoms. The van der Waals surface area contributed by atoms with Crippen LogP contribution in [0.2, 0.25) is 0 Å². The van der Waals surface area contributed by atoms with Gasteiger partial charge in [0.25, 0.3) is 11.8 Å². The molecule has 2 atom stereocenters. The molecule has 0 radical (unpaired) electrons. The zero-order chi connectivity index (χ0) is 27.6. The van der Waals surface area contributed by atoms with E-state index in [1.165, 1.54) is 4.90 Å². The molecule has 2 unspecified atom stereocenters. The number of methoxy groups -OCH3 is 1. The number of nitrogens with zero attached hydrogens (tertiary/aromatic N) is 3. The van der Waals surface area contributed by atoms with Gasteiger partial charge in [-0.3, -0.25) is 19.8 Å². The van der Waals surface area contributed by atoms with E-state index in [0.29, 0.717) is 23.4 Å². The highest BCUT2D eigenvalue weighted by atomic mass is 16.5. The fourth-order valence-electron chi connectivity index (χ4n) is 5.44. The van der Waals surface area contributed by atoms with Crippen LogP contribution in [-0.4, -0.2) is 91.5 Å². The third kappa shape index (κ3) is 5.34. The first-order chi connectivity index (χ1) is 18.9. The van der Waals surface area contributed by atoms with E-state index in [1.807, 2.05) is 37.4 Å². The van der Waals surface area contributed by atoms with Gasteiger partial charge in [-0.05, 0) is 49.0 Å². The molecule has 3 heterocycles. The van der Waals surface area contributed by atoms with Gasteiger partial charge in [0.05, 0.1) is 19.8 Å². The number of hydrogen-bond acceptors (Lipinski definition) is 7. The fourth-order valence-corrected chi connectivity index (χ4v) is 5.44. The van der Waals surface area contributed by atoms with Crippen LogP contribution >= 0.6 is 0 Å². The highest BCUT2D eigenvalue weighted by molar-refractivity contribution is 6.10. The van der Waals surface area contributed by atoms with Crippen LogP contribution in [0.15, 0.2) is 42.5 Å². The molecule has 0 spiro atoms. The van der Waals surface area contributed by atoms with Crippen LogP contribution in [0.3, 0.4) is 0 Å². The molecular weight excluding hydrogens is 496 g/mol. The maximum Gasteiger partial charge on any atom is 0.323 e. The van der Waals surface area contributed by atoms with Crippen molar-refractivity contribution in [3.05, 3.63) is 64.7 Å². The predicted molar refractivity (Wildman–Crippen MR) is 146 cm³/mol. The summed E-state index contributed by atoms with van der Waals surface area (Å²) in [5.74, 6) is 5.82. The third-order valence-electron chi connectivity index (χ3n) is 7.70. The molecule has 3 aliphatic rings. The molecule has 10 heteroatoms. The van der Waals surface area contributed by atoms with Crippen molar-refractivity contribution in [1.29, 1.82) is 0 Å². The van der Waals surface area contributed by atoms with Gasteiger partial charge in [0.15, 0.2) is 0 Å². The lowest BCUT2D eigenvalue weighted by Gasteiger charge is -2.39. The Morgan fingerprint density at radius 3 is 2.44 bits per heavy atom. The molecule has 2 aromatic rings. The molecule has 2 fully saturated rings. The van der Waals surface area contributed by atoms with E-state index >= 15 is 0 Å². The lowest BCUT2D eigenvalue weighted by atomic mass is 9.98.